The molecule has 2 unspecified atom stereocenters. The first-order valence-electron chi connectivity index (χ1n) is 11.3. The number of carbonyl (C=O) groups is 3. The second-order valence-electron chi connectivity index (χ2n) is 9.30. The summed E-state index contributed by atoms with van der Waals surface area (Å²) in [6.07, 6.45) is -0.366. The van der Waals surface area contributed by atoms with Gasteiger partial charge in [-0.3, -0.25) is 9.59 Å². The molecule has 11 heteroatoms. The van der Waals surface area contributed by atoms with Crippen LogP contribution in [0.3, 0.4) is 0 Å². The molecule has 2 amide bonds. The van der Waals surface area contributed by atoms with Crippen LogP contribution in [0.5, 0.6) is 0 Å². The predicted molar refractivity (Wildman–Crippen MR) is 125 cm³/mol. The molecule has 2 heterocycles. The monoisotopic (exact) mass is 509 g/mol. The lowest BCUT2D eigenvalue weighted by Gasteiger charge is -2.37. The third-order valence-corrected chi connectivity index (χ3v) is 5.66. The molecule has 3 rings (SSSR count). The fourth-order valence-corrected chi connectivity index (χ4v) is 4.15. The Morgan fingerprint density at radius 3 is 2.63 bits per heavy atom. The van der Waals surface area contributed by atoms with Crippen LogP contribution >= 0.6 is 11.6 Å². The average molecular weight is 510 g/mol. The van der Waals surface area contributed by atoms with E-state index in [9.17, 15) is 18.8 Å². The Hall–Kier alpha value is -3.14. The summed E-state index contributed by atoms with van der Waals surface area (Å²) in [7, 11) is 0. The summed E-state index contributed by atoms with van der Waals surface area (Å²) >= 11 is 6.17. The number of halogens is 2. The summed E-state index contributed by atoms with van der Waals surface area (Å²) in [6.45, 7) is 8.82. The lowest BCUT2D eigenvalue weighted by molar-refractivity contribution is -0.150. The Morgan fingerprint density at radius 1 is 1.29 bits per heavy atom. The van der Waals surface area contributed by atoms with Crippen LogP contribution in [-0.4, -0.2) is 59.4 Å². The molecule has 1 aliphatic heterocycles. The number of aryl methyl sites for hydroxylation is 1. The maximum Gasteiger partial charge on any atom is 0.410 e. The van der Waals surface area contributed by atoms with Crippen molar-refractivity contribution in [3.05, 3.63) is 40.4 Å². The summed E-state index contributed by atoms with van der Waals surface area (Å²) in [4.78, 5) is 39.9. The van der Waals surface area contributed by atoms with Gasteiger partial charge >= 0.3 is 12.1 Å². The number of benzene rings is 1. The third kappa shape index (κ3) is 6.30. The van der Waals surface area contributed by atoms with E-state index < -0.39 is 41.3 Å². The first-order chi connectivity index (χ1) is 16.4. The fourth-order valence-electron chi connectivity index (χ4n) is 3.90. The van der Waals surface area contributed by atoms with Crippen LogP contribution in [0, 0.1) is 18.7 Å². The Morgan fingerprint density at radius 2 is 2.00 bits per heavy atom. The molecule has 0 bridgehead atoms. The highest BCUT2D eigenvalue weighted by atomic mass is 35.5. The van der Waals surface area contributed by atoms with Crippen LogP contribution in [-0.2, 0) is 14.3 Å². The molecule has 1 N–H and O–H groups in total. The standard InChI is InChI=1S/C24H29ClFN3O6/c1-6-33-22(31)14-10-15(12-29(11-14)23(32)34-24(3,4)5)27-21(30)18-13(2)35-28-20(18)19-16(25)8-7-9-17(19)26/h7-9,14-15H,6,10-12H2,1-5H3,(H,27,30). The van der Waals surface area contributed by atoms with E-state index in [0.29, 0.717) is 0 Å². The zero-order valence-corrected chi connectivity index (χ0v) is 21.1. The van der Waals surface area contributed by atoms with Crippen molar-refractivity contribution in [2.24, 2.45) is 5.92 Å². The molecule has 1 aromatic carbocycles. The van der Waals surface area contributed by atoms with Crippen LogP contribution in [0.1, 0.15) is 50.2 Å². The summed E-state index contributed by atoms with van der Waals surface area (Å²) < 4.78 is 30.3. The number of nitrogens with one attached hydrogen (secondary N) is 1. The molecular weight excluding hydrogens is 481 g/mol. The van der Waals surface area contributed by atoms with Crippen LogP contribution in [0.4, 0.5) is 9.18 Å². The quantitative estimate of drug-likeness (QED) is 0.596. The molecule has 0 radical (unpaired) electrons. The predicted octanol–water partition coefficient (Wildman–Crippen LogP) is 4.36. The van der Waals surface area contributed by atoms with Gasteiger partial charge in [0, 0.05) is 19.1 Å². The van der Waals surface area contributed by atoms with Gasteiger partial charge in [0.05, 0.1) is 23.1 Å². The molecule has 35 heavy (non-hydrogen) atoms. The van der Waals surface area contributed by atoms with Gasteiger partial charge in [-0.2, -0.15) is 0 Å². The Bertz CT molecular complexity index is 1090. The van der Waals surface area contributed by atoms with Gasteiger partial charge in [-0.1, -0.05) is 22.8 Å². The van der Waals surface area contributed by atoms with Crippen molar-refractivity contribution in [1.82, 2.24) is 15.4 Å². The van der Waals surface area contributed by atoms with Crippen LogP contribution in [0.25, 0.3) is 11.3 Å². The number of aromatic nitrogens is 1. The van der Waals surface area contributed by atoms with Gasteiger partial charge in [0.25, 0.3) is 5.91 Å². The van der Waals surface area contributed by atoms with Gasteiger partial charge in [-0.05, 0) is 53.2 Å². The van der Waals surface area contributed by atoms with E-state index in [1.54, 1.807) is 27.7 Å². The highest BCUT2D eigenvalue weighted by Crippen LogP contribution is 2.33. The number of nitrogens with zero attached hydrogens (tertiary/aromatic N) is 2. The average Bonchev–Trinajstić information content (AvgIpc) is 3.13. The summed E-state index contributed by atoms with van der Waals surface area (Å²) in [5.41, 5.74) is -0.816. The zero-order chi connectivity index (χ0) is 25.9. The minimum Gasteiger partial charge on any atom is -0.466 e. The Kier molecular flexibility index (Phi) is 8.04. The Balaban J connectivity index is 1.87. The van der Waals surface area contributed by atoms with Gasteiger partial charge in [-0.25, -0.2) is 9.18 Å². The topological polar surface area (TPSA) is 111 Å². The second-order valence-corrected chi connectivity index (χ2v) is 9.71. The Labute approximate surface area is 207 Å². The van der Waals surface area contributed by atoms with Crippen LogP contribution in [0.2, 0.25) is 5.02 Å². The summed E-state index contributed by atoms with van der Waals surface area (Å²) in [6, 6.07) is 3.51. The minimum atomic E-state index is -0.736. The van der Waals surface area contributed by atoms with Gasteiger partial charge < -0.3 is 24.2 Å². The minimum absolute atomic E-state index is 0.0130. The molecule has 1 saturated heterocycles. The number of hydrogen-bond donors (Lipinski definition) is 1. The third-order valence-electron chi connectivity index (χ3n) is 5.35. The van der Waals surface area contributed by atoms with E-state index in [-0.39, 0.29) is 53.7 Å². The van der Waals surface area contributed by atoms with Crippen molar-refractivity contribution in [1.29, 1.82) is 0 Å². The van der Waals surface area contributed by atoms with Crippen molar-refractivity contribution in [2.75, 3.05) is 19.7 Å². The number of carbonyl (C=O) groups excluding carboxylic acids is 3. The van der Waals surface area contributed by atoms with Crippen LogP contribution in [0.15, 0.2) is 22.7 Å². The van der Waals surface area contributed by atoms with Gasteiger partial charge in [0.2, 0.25) is 0 Å². The lowest BCUT2D eigenvalue weighted by atomic mass is 9.94. The normalized spacial score (nSPS) is 18.2. The lowest BCUT2D eigenvalue weighted by Crippen LogP contribution is -2.55. The molecule has 0 aliphatic carbocycles. The largest absolute Gasteiger partial charge is 0.466 e. The highest BCUT2D eigenvalue weighted by molar-refractivity contribution is 6.33. The molecule has 1 fully saturated rings. The molecule has 0 spiro atoms. The number of likely N-dealkylation sites (tertiary alicyclic amines) is 1. The molecular formula is C24H29ClFN3O6. The maximum atomic E-state index is 14.5. The molecule has 1 aliphatic rings. The highest BCUT2D eigenvalue weighted by Gasteiger charge is 2.38. The van der Waals surface area contributed by atoms with Crippen molar-refractivity contribution in [2.45, 2.75) is 52.7 Å². The number of ether oxygens (including phenoxy) is 2. The van der Waals surface area contributed by atoms with Crippen molar-refractivity contribution in [3.63, 3.8) is 0 Å². The molecule has 190 valence electrons. The first-order valence-corrected chi connectivity index (χ1v) is 11.6. The number of piperidine rings is 1. The SMILES string of the molecule is CCOC(=O)C1CC(NC(=O)c2c(-c3c(F)cccc3Cl)noc2C)CN(C(=O)OC(C)(C)C)C1. The van der Waals surface area contributed by atoms with Crippen molar-refractivity contribution >= 4 is 29.6 Å². The van der Waals surface area contributed by atoms with Gasteiger partial charge in [-0.15, -0.1) is 0 Å². The van der Waals surface area contributed by atoms with E-state index in [2.05, 4.69) is 10.5 Å². The van der Waals surface area contributed by atoms with Crippen molar-refractivity contribution < 1.29 is 32.8 Å². The first kappa shape index (κ1) is 26.5. The van der Waals surface area contributed by atoms with Gasteiger partial charge in [0.1, 0.15) is 28.4 Å². The summed E-state index contributed by atoms with van der Waals surface area (Å²) in [5, 5.41) is 6.75. The molecule has 2 atom stereocenters. The van der Waals surface area contributed by atoms with E-state index in [0.717, 1.165) is 0 Å². The number of rotatable bonds is 5. The smallest absolute Gasteiger partial charge is 0.410 e. The van der Waals surface area contributed by atoms with Crippen LogP contribution < -0.4 is 5.32 Å². The number of amides is 2. The second kappa shape index (κ2) is 10.6. The van der Waals surface area contributed by atoms with E-state index >= 15 is 0 Å². The molecule has 0 saturated carbocycles. The van der Waals surface area contributed by atoms with Gasteiger partial charge in [0.15, 0.2) is 0 Å². The number of hydrogen-bond acceptors (Lipinski definition) is 7. The molecule has 9 nitrogen and oxygen atoms in total. The van der Waals surface area contributed by atoms with E-state index in [4.69, 9.17) is 25.6 Å². The molecule has 2 aromatic rings. The summed E-state index contributed by atoms with van der Waals surface area (Å²) in [5.74, 6) is -2.23. The van der Waals surface area contributed by atoms with Crippen molar-refractivity contribution in [3.8, 4) is 11.3 Å². The molecule has 1 aromatic heterocycles. The van der Waals surface area contributed by atoms with E-state index in [1.807, 2.05) is 0 Å². The number of esters is 1. The maximum absolute atomic E-state index is 14.5. The van der Waals surface area contributed by atoms with E-state index in [1.165, 1.54) is 30.0 Å². The fraction of sp³-hybridized carbons (Fsp3) is 0.500. The zero-order valence-electron chi connectivity index (χ0n) is 20.3.